The summed E-state index contributed by atoms with van der Waals surface area (Å²) in [5, 5.41) is 7.45. The molecule has 0 bridgehead atoms. The first kappa shape index (κ1) is 28.6. The summed E-state index contributed by atoms with van der Waals surface area (Å²) in [6, 6.07) is 69.2. The number of fused-ring (bicyclic) bond motifs is 13. The molecule has 3 heterocycles. The molecule has 0 radical (unpaired) electrons. The molecule has 12 rings (SSSR count). The monoisotopic (exact) mass is 673 g/mol. The zero-order valence-electron chi connectivity index (χ0n) is 28.7. The topological polar surface area (TPSA) is 11.4 Å². The second-order valence-electron chi connectivity index (χ2n) is 14.2. The SMILES string of the molecule is c1ccc(N2c3cc4ccccc4cc3N3c4ccccc4-c4c(ccc5c4c4ccccc4n5-c4ccc5ccccc5c4)-c4cccc2c43)cc1. The van der Waals surface area contributed by atoms with Crippen molar-refractivity contribution in [2.45, 2.75) is 0 Å². The molecule has 0 spiro atoms. The van der Waals surface area contributed by atoms with Crippen LogP contribution in [0, 0.1) is 0 Å². The highest BCUT2D eigenvalue weighted by molar-refractivity contribution is 6.23. The molecule has 246 valence electrons. The van der Waals surface area contributed by atoms with Crippen LogP contribution in [0.4, 0.5) is 34.1 Å². The Bertz CT molecular complexity index is 3140. The second kappa shape index (κ2) is 10.7. The van der Waals surface area contributed by atoms with E-state index in [4.69, 9.17) is 0 Å². The molecule has 3 heteroatoms. The van der Waals surface area contributed by atoms with Crippen LogP contribution in [-0.4, -0.2) is 4.57 Å². The predicted octanol–water partition coefficient (Wildman–Crippen LogP) is 14.0. The molecular formula is C50H31N3. The number of benzene rings is 9. The minimum Gasteiger partial charge on any atom is -0.309 e. The highest BCUT2D eigenvalue weighted by atomic mass is 15.3. The van der Waals surface area contributed by atoms with Gasteiger partial charge in [-0.3, -0.25) is 0 Å². The van der Waals surface area contributed by atoms with Crippen LogP contribution in [0.5, 0.6) is 0 Å². The summed E-state index contributed by atoms with van der Waals surface area (Å²) in [4.78, 5) is 4.99. The van der Waals surface area contributed by atoms with E-state index in [0.29, 0.717) is 0 Å². The van der Waals surface area contributed by atoms with Crippen LogP contribution in [0.2, 0.25) is 0 Å². The van der Waals surface area contributed by atoms with Crippen molar-refractivity contribution < 1.29 is 0 Å². The van der Waals surface area contributed by atoms with Crippen molar-refractivity contribution in [1.82, 2.24) is 4.57 Å². The smallest absolute Gasteiger partial charge is 0.0782 e. The van der Waals surface area contributed by atoms with E-state index in [0.717, 1.165) is 11.4 Å². The van der Waals surface area contributed by atoms with E-state index in [1.54, 1.807) is 0 Å². The van der Waals surface area contributed by atoms with E-state index in [2.05, 4.69) is 202 Å². The fraction of sp³-hybridized carbons (Fsp3) is 0. The van der Waals surface area contributed by atoms with Gasteiger partial charge in [0.1, 0.15) is 0 Å². The van der Waals surface area contributed by atoms with Gasteiger partial charge in [0, 0.05) is 38.8 Å². The molecule has 1 aromatic heterocycles. The lowest BCUT2D eigenvalue weighted by molar-refractivity contribution is 1.18. The van der Waals surface area contributed by atoms with E-state index >= 15 is 0 Å². The number of nitrogens with zero attached hydrogens (tertiary/aromatic N) is 3. The maximum atomic E-state index is 2.54. The Morgan fingerprint density at radius 2 is 0.962 bits per heavy atom. The van der Waals surface area contributed by atoms with E-state index in [9.17, 15) is 0 Å². The molecule has 2 aliphatic rings. The van der Waals surface area contributed by atoms with Crippen LogP contribution in [0.3, 0.4) is 0 Å². The third-order valence-corrected chi connectivity index (χ3v) is 11.4. The predicted molar refractivity (Wildman–Crippen MR) is 223 cm³/mol. The molecule has 10 aromatic rings. The minimum absolute atomic E-state index is 1.14. The number of aromatic nitrogens is 1. The number of anilines is 6. The maximum Gasteiger partial charge on any atom is 0.0782 e. The zero-order valence-corrected chi connectivity index (χ0v) is 28.7. The Morgan fingerprint density at radius 1 is 0.321 bits per heavy atom. The van der Waals surface area contributed by atoms with Gasteiger partial charge in [-0.2, -0.15) is 0 Å². The summed E-state index contributed by atoms with van der Waals surface area (Å²) in [6.45, 7) is 0. The third kappa shape index (κ3) is 3.94. The average molecular weight is 674 g/mol. The number of hydrogen-bond donors (Lipinski definition) is 0. The van der Waals surface area contributed by atoms with Gasteiger partial charge in [0.15, 0.2) is 0 Å². The Kier molecular flexibility index (Phi) is 5.77. The van der Waals surface area contributed by atoms with Gasteiger partial charge >= 0.3 is 0 Å². The van der Waals surface area contributed by atoms with Crippen molar-refractivity contribution in [2.75, 3.05) is 9.80 Å². The van der Waals surface area contributed by atoms with Crippen LogP contribution >= 0.6 is 0 Å². The quantitative estimate of drug-likeness (QED) is 0.181. The normalized spacial score (nSPS) is 12.8. The number of rotatable bonds is 2. The average Bonchev–Trinajstić information content (AvgIpc) is 3.49. The van der Waals surface area contributed by atoms with E-state index in [-0.39, 0.29) is 0 Å². The van der Waals surface area contributed by atoms with Gasteiger partial charge in [0.2, 0.25) is 0 Å². The molecule has 0 amide bonds. The Labute approximate surface area is 306 Å². The molecule has 0 N–H and O–H groups in total. The van der Waals surface area contributed by atoms with Crippen LogP contribution < -0.4 is 9.80 Å². The summed E-state index contributed by atoms with van der Waals surface area (Å²) in [6.07, 6.45) is 0. The molecular weight excluding hydrogens is 643 g/mol. The molecule has 0 aliphatic carbocycles. The fourth-order valence-corrected chi connectivity index (χ4v) is 9.13. The van der Waals surface area contributed by atoms with Crippen LogP contribution in [-0.2, 0) is 0 Å². The number of hydrogen-bond acceptors (Lipinski definition) is 2. The summed E-state index contributed by atoms with van der Waals surface area (Å²) >= 11 is 0. The molecule has 0 unspecified atom stereocenters. The highest BCUT2D eigenvalue weighted by Crippen LogP contribution is 2.62. The first-order chi connectivity index (χ1) is 26.3. The van der Waals surface area contributed by atoms with Crippen LogP contribution in [0.1, 0.15) is 0 Å². The molecule has 9 aromatic carbocycles. The summed E-state index contributed by atoms with van der Waals surface area (Å²) in [5.74, 6) is 0. The van der Waals surface area contributed by atoms with Crippen LogP contribution in [0.15, 0.2) is 188 Å². The highest BCUT2D eigenvalue weighted by Gasteiger charge is 2.37. The molecule has 0 atom stereocenters. The van der Waals surface area contributed by atoms with Crippen molar-refractivity contribution in [2.24, 2.45) is 0 Å². The molecule has 2 aliphatic heterocycles. The van der Waals surface area contributed by atoms with E-state index in [1.807, 2.05) is 0 Å². The Balaban J connectivity index is 1.23. The minimum atomic E-state index is 1.14. The van der Waals surface area contributed by atoms with Crippen LogP contribution in [0.25, 0.3) is 71.3 Å². The van der Waals surface area contributed by atoms with Gasteiger partial charge in [0.25, 0.3) is 0 Å². The number of para-hydroxylation sites is 4. The summed E-state index contributed by atoms with van der Waals surface area (Å²) in [5.41, 5.74) is 15.5. The maximum absolute atomic E-state index is 2.54. The first-order valence-electron chi connectivity index (χ1n) is 18.3. The molecule has 0 saturated heterocycles. The zero-order chi connectivity index (χ0) is 34.6. The fourth-order valence-electron chi connectivity index (χ4n) is 9.13. The van der Waals surface area contributed by atoms with E-state index in [1.165, 1.54) is 94.0 Å². The van der Waals surface area contributed by atoms with Crippen molar-refractivity contribution in [1.29, 1.82) is 0 Å². The van der Waals surface area contributed by atoms with Gasteiger partial charge in [-0.25, -0.2) is 0 Å². The molecule has 0 fully saturated rings. The van der Waals surface area contributed by atoms with Gasteiger partial charge < -0.3 is 14.4 Å². The summed E-state index contributed by atoms with van der Waals surface area (Å²) in [7, 11) is 0. The van der Waals surface area contributed by atoms with Crippen molar-refractivity contribution in [3.05, 3.63) is 188 Å². The first-order valence-corrected chi connectivity index (χ1v) is 18.3. The molecule has 0 saturated carbocycles. The van der Waals surface area contributed by atoms with Crippen molar-refractivity contribution in [3.63, 3.8) is 0 Å². The van der Waals surface area contributed by atoms with Crippen molar-refractivity contribution >= 4 is 77.5 Å². The van der Waals surface area contributed by atoms with Gasteiger partial charge in [-0.15, -0.1) is 0 Å². The largest absolute Gasteiger partial charge is 0.309 e. The second-order valence-corrected chi connectivity index (χ2v) is 14.2. The van der Waals surface area contributed by atoms with Gasteiger partial charge in [-0.1, -0.05) is 127 Å². The summed E-state index contributed by atoms with van der Waals surface area (Å²) < 4.78 is 2.46. The lowest BCUT2D eigenvalue weighted by atomic mass is 9.90. The Morgan fingerprint density at radius 3 is 1.79 bits per heavy atom. The molecule has 53 heavy (non-hydrogen) atoms. The molecule has 3 nitrogen and oxygen atoms in total. The Hall–Kier alpha value is -7.10. The van der Waals surface area contributed by atoms with E-state index < -0.39 is 0 Å². The standard InChI is InChI=1S/C50H31N3/c1-2-17-36(18-3-1)51-45-24-12-21-39-38-27-28-44-49(41-20-9-10-22-42(41)52(44)37-26-25-32-13-4-5-14-33(32)29-37)48(38)40-19-8-11-23-43(40)53(50(39)45)47-31-35-16-7-6-15-34(35)30-46(47)51/h1-31H. The lowest BCUT2D eigenvalue weighted by Crippen LogP contribution is -2.24. The lowest BCUT2D eigenvalue weighted by Gasteiger charge is -2.41. The van der Waals surface area contributed by atoms with Gasteiger partial charge in [0.05, 0.1) is 39.5 Å². The third-order valence-electron chi connectivity index (χ3n) is 11.4. The van der Waals surface area contributed by atoms with Gasteiger partial charge in [-0.05, 0) is 87.8 Å². The van der Waals surface area contributed by atoms with Crippen molar-refractivity contribution in [3.8, 4) is 27.9 Å².